The predicted molar refractivity (Wildman–Crippen MR) is 96.3 cm³/mol. The third kappa shape index (κ3) is 4.19. The van der Waals surface area contributed by atoms with E-state index in [0.29, 0.717) is 16.8 Å². The van der Waals surface area contributed by atoms with E-state index in [2.05, 4.69) is 20.7 Å². The molecule has 1 aliphatic rings. The number of methoxy groups -OCH3 is 2. The molecule has 0 atom stereocenters. The van der Waals surface area contributed by atoms with E-state index < -0.39 is 16.9 Å². The van der Waals surface area contributed by atoms with E-state index in [9.17, 15) is 19.7 Å². The van der Waals surface area contributed by atoms with Gasteiger partial charge in [0, 0.05) is 12.1 Å². The lowest BCUT2D eigenvalue weighted by molar-refractivity contribution is -0.384. The fraction of sp³-hybridized carbons (Fsp3) is 0.375. The number of ether oxygens (including phenoxy) is 4. The van der Waals surface area contributed by atoms with Gasteiger partial charge in [0.15, 0.2) is 0 Å². The van der Waals surface area contributed by atoms with E-state index in [1.54, 1.807) is 6.92 Å². The number of hydrogen-bond acceptors (Lipinski definition) is 9. The lowest BCUT2D eigenvalue weighted by Gasteiger charge is -2.31. The maximum Gasteiger partial charge on any atom is 0.355 e. The van der Waals surface area contributed by atoms with Gasteiger partial charge in [0.2, 0.25) is 0 Å². The second-order valence-electron chi connectivity index (χ2n) is 5.18. The second kappa shape index (κ2) is 8.82. The van der Waals surface area contributed by atoms with Crippen LogP contribution in [0, 0.1) is 10.1 Å². The van der Waals surface area contributed by atoms with Gasteiger partial charge in [-0.25, -0.2) is 9.59 Å². The highest BCUT2D eigenvalue weighted by atomic mass is 79.9. The highest BCUT2D eigenvalue weighted by Crippen LogP contribution is 2.40. The zero-order valence-corrected chi connectivity index (χ0v) is 16.4. The first kappa shape index (κ1) is 20.6. The van der Waals surface area contributed by atoms with Crippen molar-refractivity contribution in [2.75, 3.05) is 39.1 Å². The Hall–Kier alpha value is -2.66. The molecule has 1 aliphatic heterocycles. The highest BCUT2D eigenvalue weighted by Gasteiger charge is 2.36. The Balaban J connectivity index is 2.72. The molecule has 27 heavy (non-hydrogen) atoms. The molecule has 0 aliphatic carbocycles. The molecule has 0 unspecified atom stereocenters. The summed E-state index contributed by atoms with van der Waals surface area (Å²) in [7, 11) is 2.29. The average Bonchev–Trinajstić information content (AvgIpc) is 2.67. The summed E-state index contributed by atoms with van der Waals surface area (Å²) in [5, 5.41) is 11.6. The number of halogens is 1. The van der Waals surface area contributed by atoms with Crippen molar-refractivity contribution in [1.82, 2.24) is 0 Å². The van der Waals surface area contributed by atoms with Crippen LogP contribution in [0.2, 0.25) is 0 Å². The van der Waals surface area contributed by atoms with Crippen molar-refractivity contribution in [3.8, 4) is 5.75 Å². The number of benzene rings is 1. The third-order valence-electron chi connectivity index (χ3n) is 3.65. The van der Waals surface area contributed by atoms with Gasteiger partial charge in [0.05, 0.1) is 42.4 Å². The number of carbonyl (C=O) groups is 2. The number of nitro groups is 1. The first-order chi connectivity index (χ1) is 12.8. The van der Waals surface area contributed by atoms with Crippen LogP contribution in [-0.2, 0) is 23.8 Å². The van der Waals surface area contributed by atoms with E-state index >= 15 is 0 Å². The van der Waals surface area contributed by atoms with Crippen LogP contribution in [0.3, 0.4) is 0 Å². The minimum Gasteiger partial charge on any atom is -0.493 e. The Morgan fingerprint density at radius 3 is 2.52 bits per heavy atom. The number of anilines is 1. The fourth-order valence-electron chi connectivity index (χ4n) is 2.49. The van der Waals surface area contributed by atoms with Gasteiger partial charge >= 0.3 is 11.9 Å². The molecule has 0 saturated carbocycles. The lowest BCUT2D eigenvalue weighted by atomic mass is 10.1. The molecule has 2 rings (SSSR count). The number of esters is 2. The Morgan fingerprint density at radius 2 is 1.96 bits per heavy atom. The van der Waals surface area contributed by atoms with Gasteiger partial charge in [-0.1, -0.05) is 0 Å². The molecule has 1 aromatic rings. The SMILES string of the molecule is CCOc1cc(N2COCC(C(=O)OC)=C2C(=O)OC)c([N+](=O)[O-])cc1Br. The average molecular weight is 445 g/mol. The molecule has 0 N–H and O–H groups in total. The summed E-state index contributed by atoms with van der Waals surface area (Å²) in [5.74, 6) is -1.33. The highest BCUT2D eigenvalue weighted by molar-refractivity contribution is 9.10. The minimum absolute atomic E-state index is 0.00755. The molecule has 1 heterocycles. The van der Waals surface area contributed by atoms with Gasteiger partial charge < -0.3 is 23.8 Å². The van der Waals surface area contributed by atoms with Crippen LogP contribution in [-0.4, -0.2) is 51.0 Å². The molecule has 0 spiro atoms. The smallest absolute Gasteiger partial charge is 0.355 e. The normalized spacial score (nSPS) is 14.0. The fourth-order valence-corrected chi connectivity index (χ4v) is 2.94. The molecule has 0 aromatic heterocycles. The second-order valence-corrected chi connectivity index (χ2v) is 6.03. The molecule has 0 amide bonds. The van der Waals surface area contributed by atoms with Gasteiger partial charge in [-0.3, -0.25) is 10.1 Å². The number of carbonyl (C=O) groups excluding carboxylic acids is 2. The van der Waals surface area contributed by atoms with Crippen molar-refractivity contribution in [3.05, 3.63) is 38.0 Å². The van der Waals surface area contributed by atoms with Gasteiger partial charge in [0.25, 0.3) is 5.69 Å². The third-order valence-corrected chi connectivity index (χ3v) is 4.27. The largest absolute Gasteiger partial charge is 0.493 e. The number of rotatable bonds is 6. The molecular formula is C16H17BrN2O8. The first-order valence-corrected chi connectivity index (χ1v) is 8.50. The maximum absolute atomic E-state index is 12.3. The number of nitrogens with zero attached hydrogens (tertiary/aromatic N) is 2. The summed E-state index contributed by atoms with van der Waals surface area (Å²) in [6, 6.07) is 2.64. The van der Waals surface area contributed by atoms with E-state index in [4.69, 9.17) is 14.2 Å². The summed E-state index contributed by atoms with van der Waals surface area (Å²) < 4.78 is 20.6. The van der Waals surface area contributed by atoms with E-state index in [-0.39, 0.29) is 36.0 Å². The van der Waals surface area contributed by atoms with Crippen LogP contribution in [0.15, 0.2) is 27.9 Å². The van der Waals surface area contributed by atoms with Gasteiger partial charge in [0.1, 0.15) is 23.9 Å². The van der Waals surface area contributed by atoms with Crippen LogP contribution in [0.25, 0.3) is 0 Å². The van der Waals surface area contributed by atoms with Gasteiger partial charge in [-0.05, 0) is 22.9 Å². The van der Waals surface area contributed by atoms with Crippen LogP contribution in [0.1, 0.15) is 6.92 Å². The predicted octanol–water partition coefficient (Wildman–Crippen LogP) is 2.15. The Bertz CT molecular complexity index is 808. The standard InChI is InChI=1S/C16H17BrN2O8/c1-4-27-13-6-11(12(19(22)23)5-10(13)17)18-8-26-7-9(15(20)24-2)14(18)16(21)25-3/h5-6H,4,7-8H2,1-3H3. The molecule has 1 aromatic carbocycles. The summed E-state index contributed by atoms with van der Waals surface area (Å²) in [5.41, 5.74) is -0.608. The van der Waals surface area contributed by atoms with Crippen molar-refractivity contribution in [2.24, 2.45) is 0 Å². The number of hydrogen-bond donors (Lipinski definition) is 0. The van der Waals surface area contributed by atoms with E-state index in [1.165, 1.54) is 17.0 Å². The lowest BCUT2D eigenvalue weighted by Crippen LogP contribution is -2.39. The Morgan fingerprint density at radius 1 is 1.30 bits per heavy atom. The quantitative estimate of drug-likeness (QED) is 0.369. The van der Waals surface area contributed by atoms with Gasteiger partial charge in [-0.15, -0.1) is 0 Å². The molecular weight excluding hydrogens is 428 g/mol. The Kier molecular flexibility index (Phi) is 6.75. The summed E-state index contributed by atoms with van der Waals surface area (Å²) >= 11 is 3.22. The molecule has 11 heteroatoms. The minimum atomic E-state index is -0.853. The van der Waals surface area contributed by atoms with Crippen LogP contribution in [0.4, 0.5) is 11.4 Å². The molecule has 0 fully saturated rings. The number of nitro benzene ring substituents is 1. The molecule has 146 valence electrons. The topological polar surface area (TPSA) is 117 Å². The first-order valence-electron chi connectivity index (χ1n) is 7.71. The molecule has 0 radical (unpaired) electrons. The summed E-state index contributed by atoms with van der Waals surface area (Å²) in [4.78, 5) is 36.5. The van der Waals surface area contributed by atoms with Crippen LogP contribution in [0.5, 0.6) is 5.75 Å². The van der Waals surface area contributed by atoms with E-state index in [1.807, 2.05) is 0 Å². The monoisotopic (exact) mass is 444 g/mol. The van der Waals surface area contributed by atoms with E-state index in [0.717, 1.165) is 14.2 Å². The van der Waals surface area contributed by atoms with Crippen molar-refractivity contribution in [1.29, 1.82) is 0 Å². The van der Waals surface area contributed by atoms with Crippen LogP contribution < -0.4 is 9.64 Å². The zero-order valence-electron chi connectivity index (χ0n) is 14.8. The van der Waals surface area contributed by atoms with Gasteiger partial charge in [-0.2, -0.15) is 0 Å². The van der Waals surface area contributed by atoms with Crippen molar-refractivity contribution < 1.29 is 33.5 Å². The summed E-state index contributed by atoms with van der Waals surface area (Å²) in [6.45, 7) is 1.67. The van der Waals surface area contributed by atoms with Crippen molar-refractivity contribution in [3.63, 3.8) is 0 Å². The van der Waals surface area contributed by atoms with Crippen LogP contribution >= 0.6 is 15.9 Å². The molecule has 0 saturated heterocycles. The zero-order chi connectivity index (χ0) is 20.1. The summed E-state index contributed by atoms with van der Waals surface area (Å²) in [6.07, 6.45) is 0. The molecule has 0 bridgehead atoms. The Labute approximate surface area is 162 Å². The molecule has 10 nitrogen and oxygen atoms in total. The van der Waals surface area contributed by atoms with Crippen molar-refractivity contribution >= 4 is 39.2 Å². The maximum atomic E-state index is 12.3. The van der Waals surface area contributed by atoms with Crippen molar-refractivity contribution in [2.45, 2.75) is 6.92 Å².